The molecule has 1 aliphatic rings. The molecule has 2 rings (SSSR count). The molecule has 0 aromatic heterocycles. The SMILES string of the molecule is CC(NS(=O)(=O)C1CCCN(C(=O)c2cccc(Cl)c2)C1)C(=O)O. The average molecular weight is 375 g/mol. The van der Waals surface area contributed by atoms with Gasteiger partial charge in [0.15, 0.2) is 0 Å². The molecule has 0 bridgehead atoms. The predicted octanol–water partition coefficient (Wildman–Crippen LogP) is 1.34. The van der Waals surface area contributed by atoms with Crippen LogP contribution in [-0.4, -0.2) is 54.7 Å². The highest BCUT2D eigenvalue weighted by atomic mass is 35.5. The molecule has 7 nitrogen and oxygen atoms in total. The zero-order chi connectivity index (χ0) is 17.9. The van der Waals surface area contributed by atoms with Gasteiger partial charge in [-0.1, -0.05) is 17.7 Å². The number of rotatable bonds is 5. The van der Waals surface area contributed by atoms with Gasteiger partial charge in [0.2, 0.25) is 10.0 Å². The van der Waals surface area contributed by atoms with E-state index in [1.54, 1.807) is 18.2 Å². The molecule has 0 saturated carbocycles. The summed E-state index contributed by atoms with van der Waals surface area (Å²) in [5.74, 6) is -1.54. The summed E-state index contributed by atoms with van der Waals surface area (Å²) in [6, 6.07) is 5.25. The smallest absolute Gasteiger partial charge is 0.321 e. The number of carboxylic acids is 1. The van der Waals surface area contributed by atoms with Crippen LogP contribution in [-0.2, 0) is 14.8 Å². The van der Waals surface area contributed by atoms with E-state index in [1.165, 1.54) is 17.9 Å². The number of nitrogens with one attached hydrogen (secondary N) is 1. The van der Waals surface area contributed by atoms with E-state index in [0.717, 1.165) is 0 Å². The Morgan fingerprint density at radius 1 is 1.42 bits per heavy atom. The Morgan fingerprint density at radius 2 is 2.12 bits per heavy atom. The molecule has 9 heteroatoms. The van der Waals surface area contributed by atoms with Crippen LogP contribution in [0.15, 0.2) is 24.3 Å². The van der Waals surface area contributed by atoms with Gasteiger partial charge in [-0.15, -0.1) is 0 Å². The van der Waals surface area contributed by atoms with Crippen molar-refractivity contribution in [2.24, 2.45) is 0 Å². The monoisotopic (exact) mass is 374 g/mol. The highest BCUT2D eigenvalue weighted by Crippen LogP contribution is 2.20. The van der Waals surface area contributed by atoms with Crippen molar-refractivity contribution in [3.8, 4) is 0 Å². The number of carboxylic acid groups (broad SMARTS) is 1. The van der Waals surface area contributed by atoms with Gasteiger partial charge in [-0.25, -0.2) is 13.1 Å². The van der Waals surface area contributed by atoms with Crippen molar-refractivity contribution in [2.75, 3.05) is 13.1 Å². The largest absolute Gasteiger partial charge is 0.480 e. The van der Waals surface area contributed by atoms with Crippen LogP contribution in [0.1, 0.15) is 30.1 Å². The zero-order valence-corrected chi connectivity index (χ0v) is 14.7. The van der Waals surface area contributed by atoms with E-state index < -0.39 is 27.3 Å². The lowest BCUT2D eigenvalue weighted by Gasteiger charge is -2.33. The maximum Gasteiger partial charge on any atom is 0.321 e. The van der Waals surface area contributed by atoms with Crippen LogP contribution in [0.3, 0.4) is 0 Å². The number of likely N-dealkylation sites (tertiary alicyclic amines) is 1. The third-order valence-electron chi connectivity index (χ3n) is 3.89. The summed E-state index contributed by atoms with van der Waals surface area (Å²) in [4.78, 5) is 24.8. The van der Waals surface area contributed by atoms with Crippen LogP contribution < -0.4 is 4.72 Å². The summed E-state index contributed by atoms with van der Waals surface area (Å²) >= 11 is 5.88. The molecule has 132 valence electrons. The molecule has 1 aromatic rings. The van der Waals surface area contributed by atoms with Gasteiger partial charge in [0.1, 0.15) is 6.04 Å². The standard InChI is InChI=1S/C15H19ClN2O5S/c1-10(15(20)21)17-24(22,23)13-6-3-7-18(9-13)14(19)11-4-2-5-12(16)8-11/h2,4-5,8,10,13,17H,3,6-7,9H2,1H3,(H,20,21). The van der Waals surface area contributed by atoms with E-state index in [-0.39, 0.29) is 12.5 Å². The first-order valence-corrected chi connectivity index (χ1v) is 9.42. The number of sulfonamides is 1. The van der Waals surface area contributed by atoms with Gasteiger partial charge in [-0.2, -0.15) is 0 Å². The van der Waals surface area contributed by atoms with Crippen molar-refractivity contribution in [1.82, 2.24) is 9.62 Å². The second kappa shape index (κ2) is 7.50. The lowest BCUT2D eigenvalue weighted by Crippen LogP contribution is -2.51. The Kier molecular flexibility index (Phi) is 5.84. The Hall–Kier alpha value is -1.64. The Morgan fingerprint density at radius 3 is 2.75 bits per heavy atom. The van der Waals surface area contributed by atoms with Crippen molar-refractivity contribution in [3.05, 3.63) is 34.9 Å². The normalized spacial score (nSPS) is 19.8. The Bertz CT molecular complexity index is 737. The van der Waals surface area contributed by atoms with E-state index in [1.807, 2.05) is 0 Å². The molecule has 1 aliphatic heterocycles. The lowest BCUT2D eigenvalue weighted by atomic mass is 10.1. The number of amides is 1. The molecule has 0 spiro atoms. The van der Waals surface area contributed by atoms with Crippen molar-refractivity contribution in [3.63, 3.8) is 0 Å². The molecular weight excluding hydrogens is 356 g/mol. The first-order chi connectivity index (χ1) is 11.2. The first-order valence-electron chi connectivity index (χ1n) is 7.49. The van der Waals surface area contributed by atoms with Gasteiger partial charge in [0, 0.05) is 23.7 Å². The third-order valence-corrected chi connectivity index (χ3v) is 6.07. The molecule has 2 N–H and O–H groups in total. The first kappa shape index (κ1) is 18.7. The quantitative estimate of drug-likeness (QED) is 0.809. The summed E-state index contributed by atoms with van der Waals surface area (Å²) in [6.45, 7) is 1.73. The number of carbonyl (C=O) groups excluding carboxylic acids is 1. The van der Waals surface area contributed by atoms with Crippen LogP contribution in [0.2, 0.25) is 5.02 Å². The van der Waals surface area contributed by atoms with E-state index in [2.05, 4.69) is 4.72 Å². The molecule has 2 unspecified atom stereocenters. The molecule has 1 heterocycles. The predicted molar refractivity (Wildman–Crippen MR) is 89.5 cm³/mol. The fourth-order valence-corrected chi connectivity index (χ4v) is 4.40. The van der Waals surface area contributed by atoms with Crippen LogP contribution in [0.4, 0.5) is 0 Å². The minimum atomic E-state index is -3.84. The number of aliphatic carboxylic acids is 1. The highest BCUT2D eigenvalue weighted by Gasteiger charge is 2.34. The van der Waals surface area contributed by atoms with Crippen LogP contribution in [0, 0.1) is 0 Å². The average Bonchev–Trinajstić information content (AvgIpc) is 2.53. The molecule has 0 aliphatic carbocycles. The number of carbonyl (C=O) groups is 2. The molecule has 1 saturated heterocycles. The fourth-order valence-electron chi connectivity index (χ4n) is 2.57. The Labute approximate surface area is 145 Å². The van der Waals surface area contributed by atoms with Crippen LogP contribution in [0.25, 0.3) is 0 Å². The van der Waals surface area contributed by atoms with E-state index in [4.69, 9.17) is 16.7 Å². The van der Waals surface area contributed by atoms with Crippen LogP contribution in [0.5, 0.6) is 0 Å². The summed E-state index contributed by atoms with van der Waals surface area (Å²) in [5, 5.41) is 8.45. The van der Waals surface area contributed by atoms with E-state index >= 15 is 0 Å². The lowest BCUT2D eigenvalue weighted by molar-refractivity contribution is -0.138. The minimum absolute atomic E-state index is 0.0209. The molecule has 24 heavy (non-hydrogen) atoms. The minimum Gasteiger partial charge on any atom is -0.480 e. The highest BCUT2D eigenvalue weighted by molar-refractivity contribution is 7.90. The molecule has 1 aromatic carbocycles. The van der Waals surface area contributed by atoms with Gasteiger partial charge in [-0.3, -0.25) is 9.59 Å². The molecule has 2 atom stereocenters. The van der Waals surface area contributed by atoms with Gasteiger partial charge in [-0.05, 0) is 38.0 Å². The number of nitrogens with zero attached hydrogens (tertiary/aromatic N) is 1. The molecule has 1 amide bonds. The maximum atomic E-state index is 12.5. The fraction of sp³-hybridized carbons (Fsp3) is 0.467. The molecular formula is C15H19ClN2O5S. The van der Waals surface area contributed by atoms with Crippen molar-refractivity contribution in [2.45, 2.75) is 31.1 Å². The molecule has 1 fully saturated rings. The number of piperidine rings is 1. The Balaban J connectivity index is 2.11. The zero-order valence-electron chi connectivity index (χ0n) is 13.1. The summed E-state index contributed by atoms with van der Waals surface area (Å²) < 4.78 is 26.8. The second-order valence-electron chi connectivity index (χ2n) is 5.75. The van der Waals surface area contributed by atoms with Gasteiger partial charge in [0.05, 0.1) is 5.25 Å². The van der Waals surface area contributed by atoms with Crippen molar-refractivity contribution >= 4 is 33.5 Å². The summed E-state index contributed by atoms with van der Waals surface area (Å²) in [7, 11) is -3.84. The van der Waals surface area contributed by atoms with Crippen molar-refractivity contribution < 1.29 is 23.1 Å². The number of halogens is 1. The summed E-state index contributed by atoms with van der Waals surface area (Å²) in [5.41, 5.74) is 0.396. The topological polar surface area (TPSA) is 104 Å². The van der Waals surface area contributed by atoms with Crippen LogP contribution >= 0.6 is 11.6 Å². The number of benzene rings is 1. The van der Waals surface area contributed by atoms with Gasteiger partial charge in [0.25, 0.3) is 5.91 Å². The van der Waals surface area contributed by atoms with E-state index in [9.17, 15) is 18.0 Å². The van der Waals surface area contributed by atoms with Gasteiger partial charge >= 0.3 is 5.97 Å². The van der Waals surface area contributed by atoms with Gasteiger partial charge < -0.3 is 10.0 Å². The maximum absolute atomic E-state index is 12.5. The third kappa shape index (κ3) is 4.46. The number of hydrogen-bond acceptors (Lipinski definition) is 4. The second-order valence-corrected chi connectivity index (χ2v) is 8.18. The van der Waals surface area contributed by atoms with E-state index in [0.29, 0.717) is 30.0 Å². The number of hydrogen-bond donors (Lipinski definition) is 2. The molecule has 0 radical (unpaired) electrons. The summed E-state index contributed by atoms with van der Waals surface area (Å²) in [6.07, 6.45) is 0.903. The van der Waals surface area contributed by atoms with Crippen molar-refractivity contribution in [1.29, 1.82) is 0 Å².